The van der Waals surface area contributed by atoms with E-state index in [-0.39, 0.29) is 36.3 Å². The number of nitrogens with one attached hydrogen (secondary N) is 1. The standard InChI is InChI=1S/C19H26N4O4/c1-2-27-19(26)22-8-5-16(6-9-22)21-18(25)15-10-17(24)23(13-15)12-14-4-3-7-20-11-14/h3-4,7,11,15-16H,2,5-6,8-10,12-13H2,1H3,(H,21,25)/t15-/m1/s1. The van der Waals surface area contributed by atoms with Gasteiger partial charge in [0.15, 0.2) is 0 Å². The summed E-state index contributed by atoms with van der Waals surface area (Å²) >= 11 is 0. The second-order valence-electron chi connectivity index (χ2n) is 7.01. The highest BCUT2D eigenvalue weighted by atomic mass is 16.6. The molecular weight excluding hydrogens is 348 g/mol. The SMILES string of the molecule is CCOC(=O)N1CCC(NC(=O)[C@@H]2CC(=O)N(Cc3cccnc3)C2)CC1. The van der Waals surface area contributed by atoms with Crippen LogP contribution < -0.4 is 5.32 Å². The van der Waals surface area contributed by atoms with Gasteiger partial charge in [0, 0.05) is 51.0 Å². The van der Waals surface area contributed by atoms with E-state index in [2.05, 4.69) is 10.3 Å². The van der Waals surface area contributed by atoms with Crippen molar-refractivity contribution in [1.82, 2.24) is 20.1 Å². The van der Waals surface area contributed by atoms with E-state index < -0.39 is 0 Å². The first kappa shape index (κ1) is 19.1. The second-order valence-corrected chi connectivity index (χ2v) is 7.01. The number of piperidine rings is 1. The summed E-state index contributed by atoms with van der Waals surface area (Å²) in [5.74, 6) is -0.403. The lowest BCUT2D eigenvalue weighted by atomic mass is 10.0. The molecule has 3 amide bonds. The Morgan fingerprint density at radius 1 is 1.33 bits per heavy atom. The van der Waals surface area contributed by atoms with Crippen LogP contribution in [-0.2, 0) is 20.9 Å². The molecule has 0 spiro atoms. The zero-order chi connectivity index (χ0) is 19.2. The summed E-state index contributed by atoms with van der Waals surface area (Å²) in [5.41, 5.74) is 0.957. The van der Waals surface area contributed by atoms with Gasteiger partial charge in [-0.15, -0.1) is 0 Å². The maximum atomic E-state index is 12.6. The molecule has 3 heterocycles. The molecular formula is C19H26N4O4. The largest absolute Gasteiger partial charge is 0.450 e. The maximum Gasteiger partial charge on any atom is 0.409 e. The summed E-state index contributed by atoms with van der Waals surface area (Å²) in [6.45, 7) is 4.20. The number of hydrogen-bond donors (Lipinski definition) is 1. The number of nitrogens with zero attached hydrogens (tertiary/aromatic N) is 3. The number of hydrogen-bond acceptors (Lipinski definition) is 5. The third-order valence-corrected chi connectivity index (χ3v) is 5.05. The number of pyridine rings is 1. The molecule has 2 fully saturated rings. The van der Waals surface area contributed by atoms with Crippen LogP contribution in [0.2, 0.25) is 0 Å². The number of likely N-dealkylation sites (tertiary alicyclic amines) is 2. The van der Waals surface area contributed by atoms with E-state index in [1.807, 2.05) is 12.1 Å². The minimum absolute atomic E-state index is 0.00358. The number of ether oxygens (including phenoxy) is 1. The first-order valence-electron chi connectivity index (χ1n) is 9.45. The van der Waals surface area contributed by atoms with Gasteiger partial charge in [0.25, 0.3) is 0 Å². The molecule has 1 aromatic heterocycles. The molecule has 3 rings (SSSR count). The zero-order valence-electron chi connectivity index (χ0n) is 15.6. The molecule has 8 nitrogen and oxygen atoms in total. The highest BCUT2D eigenvalue weighted by Gasteiger charge is 2.35. The minimum atomic E-state index is -0.322. The van der Waals surface area contributed by atoms with Crippen LogP contribution in [0, 0.1) is 5.92 Å². The molecule has 0 aliphatic carbocycles. The molecule has 27 heavy (non-hydrogen) atoms. The van der Waals surface area contributed by atoms with Crippen LogP contribution in [0.4, 0.5) is 4.79 Å². The van der Waals surface area contributed by atoms with Crippen molar-refractivity contribution in [3.63, 3.8) is 0 Å². The first-order chi connectivity index (χ1) is 13.1. The summed E-state index contributed by atoms with van der Waals surface area (Å²) in [7, 11) is 0. The van der Waals surface area contributed by atoms with E-state index in [1.54, 1.807) is 29.1 Å². The van der Waals surface area contributed by atoms with Gasteiger partial charge < -0.3 is 19.9 Å². The van der Waals surface area contributed by atoms with Gasteiger partial charge in [-0.25, -0.2) is 4.79 Å². The van der Waals surface area contributed by atoms with Gasteiger partial charge in [-0.1, -0.05) is 6.07 Å². The third-order valence-electron chi connectivity index (χ3n) is 5.05. The van der Waals surface area contributed by atoms with E-state index in [0.29, 0.717) is 45.6 Å². The van der Waals surface area contributed by atoms with Crippen LogP contribution >= 0.6 is 0 Å². The quantitative estimate of drug-likeness (QED) is 0.835. The van der Waals surface area contributed by atoms with Crippen LogP contribution in [0.15, 0.2) is 24.5 Å². The van der Waals surface area contributed by atoms with E-state index in [4.69, 9.17) is 4.74 Å². The molecule has 8 heteroatoms. The predicted molar refractivity (Wildman–Crippen MR) is 97.5 cm³/mol. The summed E-state index contributed by atoms with van der Waals surface area (Å²) in [6.07, 6.45) is 4.77. The topological polar surface area (TPSA) is 91.8 Å². The number of amides is 3. The lowest BCUT2D eigenvalue weighted by Crippen LogP contribution is -2.48. The van der Waals surface area contributed by atoms with E-state index in [9.17, 15) is 14.4 Å². The molecule has 0 saturated carbocycles. The summed E-state index contributed by atoms with van der Waals surface area (Å²) < 4.78 is 5.00. The Hall–Kier alpha value is -2.64. The Morgan fingerprint density at radius 3 is 2.78 bits per heavy atom. The number of carbonyl (C=O) groups excluding carboxylic acids is 3. The fraction of sp³-hybridized carbons (Fsp3) is 0.579. The first-order valence-corrected chi connectivity index (χ1v) is 9.45. The van der Waals surface area contributed by atoms with Crippen LogP contribution in [0.5, 0.6) is 0 Å². The lowest BCUT2D eigenvalue weighted by Gasteiger charge is -2.32. The Bertz CT molecular complexity index is 674. The number of aromatic nitrogens is 1. The number of carbonyl (C=O) groups is 3. The molecule has 1 N–H and O–H groups in total. The molecule has 2 aliphatic rings. The third kappa shape index (κ3) is 4.96. The van der Waals surface area contributed by atoms with Crippen molar-refractivity contribution in [1.29, 1.82) is 0 Å². The highest BCUT2D eigenvalue weighted by molar-refractivity contribution is 5.89. The van der Waals surface area contributed by atoms with Crippen molar-refractivity contribution in [2.24, 2.45) is 5.92 Å². The molecule has 146 valence electrons. The zero-order valence-corrected chi connectivity index (χ0v) is 15.6. The van der Waals surface area contributed by atoms with Gasteiger partial charge in [-0.3, -0.25) is 14.6 Å². The van der Waals surface area contributed by atoms with Gasteiger partial charge in [-0.2, -0.15) is 0 Å². The molecule has 1 aromatic rings. The van der Waals surface area contributed by atoms with E-state index in [0.717, 1.165) is 5.56 Å². The predicted octanol–water partition coefficient (Wildman–Crippen LogP) is 1.17. The van der Waals surface area contributed by atoms with E-state index >= 15 is 0 Å². The molecule has 0 bridgehead atoms. The van der Waals surface area contributed by atoms with Crippen molar-refractivity contribution in [3.05, 3.63) is 30.1 Å². The monoisotopic (exact) mass is 374 g/mol. The Labute approximate surface area is 158 Å². The molecule has 2 saturated heterocycles. The Balaban J connectivity index is 1.45. The van der Waals surface area contributed by atoms with Crippen molar-refractivity contribution < 1.29 is 19.1 Å². The average molecular weight is 374 g/mol. The maximum absolute atomic E-state index is 12.6. The molecule has 0 aromatic carbocycles. The molecule has 1 atom stereocenters. The van der Waals surface area contributed by atoms with Crippen molar-refractivity contribution >= 4 is 17.9 Å². The van der Waals surface area contributed by atoms with E-state index in [1.165, 1.54) is 0 Å². The second kappa shape index (κ2) is 8.83. The Kier molecular flexibility index (Phi) is 6.26. The smallest absolute Gasteiger partial charge is 0.409 e. The van der Waals surface area contributed by atoms with Gasteiger partial charge in [0.05, 0.1) is 12.5 Å². The fourth-order valence-corrected chi connectivity index (χ4v) is 3.55. The average Bonchev–Trinajstić information content (AvgIpc) is 3.04. The number of rotatable bonds is 5. The molecule has 2 aliphatic heterocycles. The molecule has 0 unspecified atom stereocenters. The summed E-state index contributed by atoms with van der Waals surface area (Å²) in [4.78, 5) is 44.0. The fourth-order valence-electron chi connectivity index (χ4n) is 3.55. The van der Waals surface area contributed by atoms with Crippen molar-refractivity contribution in [2.75, 3.05) is 26.2 Å². The van der Waals surface area contributed by atoms with Gasteiger partial charge in [-0.05, 0) is 31.4 Å². The van der Waals surface area contributed by atoms with Crippen molar-refractivity contribution in [3.8, 4) is 0 Å². The van der Waals surface area contributed by atoms with Gasteiger partial charge in [0.1, 0.15) is 0 Å². The minimum Gasteiger partial charge on any atom is -0.450 e. The molecule has 0 radical (unpaired) electrons. The van der Waals surface area contributed by atoms with Gasteiger partial charge >= 0.3 is 6.09 Å². The van der Waals surface area contributed by atoms with Gasteiger partial charge in [0.2, 0.25) is 11.8 Å². The van der Waals surface area contributed by atoms with Crippen LogP contribution in [0.3, 0.4) is 0 Å². The van der Waals surface area contributed by atoms with Crippen molar-refractivity contribution in [2.45, 2.75) is 38.8 Å². The normalized spacial score (nSPS) is 20.6. The van der Waals surface area contributed by atoms with Crippen LogP contribution in [-0.4, -0.2) is 65.0 Å². The summed E-state index contributed by atoms with van der Waals surface area (Å²) in [5, 5.41) is 3.05. The van der Waals surface area contributed by atoms with Crippen LogP contribution in [0.1, 0.15) is 31.7 Å². The highest BCUT2D eigenvalue weighted by Crippen LogP contribution is 2.21. The van der Waals surface area contributed by atoms with Crippen LogP contribution in [0.25, 0.3) is 0 Å². The lowest BCUT2D eigenvalue weighted by molar-refractivity contribution is -0.129. The summed E-state index contributed by atoms with van der Waals surface area (Å²) in [6, 6.07) is 3.79. The Morgan fingerprint density at radius 2 is 2.11 bits per heavy atom.